The summed E-state index contributed by atoms with van der Waals surface area (Å²) >= 11 is 0. The molecule has 1 unspecified atom stereocenters. The van der Waals surface area contributed by atoms with Gasteiger partial charge in [-0.1, -0.05) is 13.3 Å². The average Bonchev–Trinajstić information content (AvgIpc) is 2.17. The Hall–Kier alpha value is -0.120. The van der Waals surface area contributed by atoms with E-state index in [1.165, 1.54) is 0 Å². The van der Waals surface area contributed by atoms with Crippen LogP contribution in [-0.2, 0) is 9.47 Å². The molecule has 80 valence electrons. The molecule has 0 heterocycles. The standard InChI is InChI=1S/C10H22O3/c1-3-10(9-11)5-8-13-7-4-6-12-2/h10-11H,3-9H2,1-2H3. The molecule has 0 fully saturated rings. The second-order valence-electron chi connectivity index (χ2n) is 3.20. The Kier molecular flexibility index (Phi) is 9.87. The van der Waals surface area contributed by atoms with Gasteiger partial charge in [-0.05, 0) is 18.8 Å². The van der Waals surface area contributed by atoms with Gasteiger partial charge in [-0.3, -0.25) is 0 Å². The Morgan fingerprint density at radius 1 is 1.23 bits per heavy atom. The predicted octanol–water partition coefficient (Wildman–Crippen LogP) is 1.45. The van der Waals surface area contributed by atoms with Crippen LogP contribution in [0.5, 0.6) is 0 Å². The maximum Gasteiger partial charge on any atom is 0.0487 e. The van der Waals surface area contributed by atoms with Gasteiger partial charge in [0, 0.05) is 33.5 Å². The third-order valence-electron chi connectivity index (χ3n) is 2.14. The van der Waals surface area contributed by atoms with Gasteiger partial charge in [0.2, 0.25) is 0 Å². The van der Waals surface area contributed by atoms with Crippen molar-refractivity contribution in [1.82, 2.24) is 0 Å². The molecular formula is C10H22O3. The minimum absolute atomic E-state index is 0.276. The van der Waals surface area contributed by atoms with E-state index >= 15 is 0 Å². The van der Waals surface area contributed by atoms with Crippen LogP contribution in [0.25, 0.3) is 0 Å². The number of ether oxygens (including phenoxy) is 2. The lowest BCUT2D eigenvalue weighted by molar-refractivity contribution is 0.0851. The first kappa shape index (κ1) is 12.9. The van der Waals surface area contributed by atoms with E-state index in [9.17, 15) is 0 Å². The van der Waals surface area contributed by atoms with Gasteiger partial charge in [-0.15, -0.1) is 0 Å². The molecule has 3 heteroatoms. The van der Waals surface area contributed by atoms with E-state index in [1.807, 2.05) is 0 Å². The maximum atomic E-state index is 8.89. The molecule has 1 N–H and O–H groups in total. The van der Waals surface area contributed by atoms with Crippen LogP contribution in [-0.4, -0.2) is 38.6 Å². The maximum absolute atomic E-state index is 8.89. The monoisotopic (exact) mass is 190 g/mol. The van der Waals surface area contributed by atoms with Crippen LogP contribution in [0.4, 0.5) is 0 Å². The predicted molar refractivity (Wildman–Crippen MR) is 52.8 cm³/mol. The second-order valence-corrected chi connectivity index (χ2v) is 3.20. The van der Waals surface area contributed by atoms with Crippen LogP contribution in [0.15, 0.2) is 0 Å². The Labute approximate surface area is 81.0 Å². The van der Waals surface area contributed by atoms with E-state index in [4.69, 9.17) is 14.6 Å². The van der Waals surface area contributed by atoms with Gasteiger partial charge in [0.15, 0.2) is 0 Å². The summed E-state index contributed by atoms with van der Waals surface area (Å²) in [6.45, 7) is 4.64. The van der Waals surface area contributed by atoms with Gasteiger partial charge in [-0.2, -0.15) is 0 Å². The fourth-order valence-corrected chi connectivity index (χ4v) is 1.08. The first-order valence-electron chi connectivity index (χ1n) is 5.02. The smallest absolute Gasteiger partial charge is 0.0487 e. The first-order valence-corrected chi connectivity index (χ1v) is 5.02. The van der Waals surface area contributed by atoms with Crippen LogP contribution in [0.2, 0.25) is 0 Å². The first-order chi connectivity index (χ1) is 6.35. The van der Waals surface area contributed by atoms with Crippen LogP contribution >= 0.6 is 0 Å². The Morgan fingerprint density at radius 2 is 2.00 bits per heavy atom. The van der Waals surface area contributed by atoms with Crippen LogP contribution in [0.3, 0.4) is 0 Å². The summed E-state index contributed by atoms with van der Waals surface area (Å²) < 4.78 is 10.3. The Morgan fingerprint density at radius 3 is 2.54 bits per heavy atom. The van der Waals surface area contributed by atoms with Gasteiger partial charge in [0.05, 0.1) is 0 Å². The number of hydrogen-bond donors (Lipinski definition) is 1. The third-order valence-corrected chi connectivity index (χ3v) is 2.14. The molecule has 0 saturated carbocycles. The molecule has 0 rings (SSSR count). The van der Waals surface area contributed by atoms with Crippen molar-refractivity contribution in [2.75, 3.05) is 33.5 Å². The summed E-state index contributed by atoms with van der Waals surface area (Å²) in [5.74, 6) is 0.405. The quantitative estimate of drug-likeness (QED) is 0.559. The molecular weight excluding hydrogens is 168 g/mol. The van der Waals surface area contributed by atoms with Crippen molar-refractivity contribution < 1.29 is 14.6 Å². The minimum atomic E-state index is 0.276. The largest absolute Gasteiger partial charge is 0.396 e. The van der Waals surface area contributed by atoms with Crippen molar-refractivity contribution in [3.8, 4) is 0 Å². The zero-order valence-corrected chi connectivity index (χ0v) is 8.79. The fourth-order valence-electron chi connectivity index (χ4n) is 1.08. The van der Waals surface area contributed by atoms with Crippen LogP contribution in [0.1, 0.15) is 26.2 Å². The fraction of sp³-hybridized carbons (Fsp3) is 1.00. The molecule has 0 aromatic rings. The number of rotatable bonds is 9. The summed E-state index contributed by atoms with van der Waals surface area (Å²) in [5, 5.41) is 8.89. The highest BCUT2D eigenvalue weighted by Gasteiger charge is 2.03. The zero-order chi connectivity index (χ0) is 9.94. The van der Waals surface area contributed by atoms with Crippen molar-refractivity contribution in [3.63, 3.8) is 0 Å². The molecule has 0 radical (unpaired) electrons. The minimum Gasteiger partial charge on any atom is -0.396 e. The summed E-state index contributed by atoms with van der Waals surface area (Å²) in [6, 6.07) is 0. The summed E-state index contributed by atoms with van der Waals surface area (Å²) in [6.07, 6.45) is 2.93. The van der Waals surface area contributed by atoms with Crippen LogP contribution < -0.4 is 0 Å². The lowest BCUT2D eigenvalue weighted by Crippen LogP contribution is -2.09. The molecule has 0 amide bonds. The van der Waals surface area contributed by atoms with E-state index in [-0.39, 0.29) is 6.61 Å². The molecule has 0 aliphatic heterocycles. The number of aliphatic hydroxyl groups is 1. The molecule has 13 heavy (non-hydrogen) atoms. The van der Waals surface area contributed by atoms with Crippen molar-refractivity contribution in [3.05, 3.63) is 0 Å². The van der Waals surface area contributed by atoms with E-state index in [0.29, 0.717) is 5.92 Å². The van der Waals surface area contributed by atoms with E-state index in [2.05, 4.69) is 6.92 Å². The SMILES string of the molecule is CCC(CO)CCOCCCOC. The van der Waals surface area contributed by atoms with Crippen molar-refractivity contribution >= 4 is 0 Å². The van der Waals surface area contributed by atoms with E-state index < -0.39 is 0 Å². The van der Waals surface area contributed by atoms with Crippen molar-refractivity contribution in [1.29, 1.82) is 0 Å². The number of aliphatic hydroxyl groups excluding tert-OH is 1. The normalized spacial score (nSPS) is 13.2. The zero-order valence-electron chi connectivity index (χ0n) is 8.79. The molecule has 0 saturated heterocycles. The molecule has 0 bridgehead atoms. The van der Waals surface area contributed by atoms with Gasteiger partial charge >= 0.3 is 0 Å². The molecule has 0 aliphatic carbocycles. The van der Waals surface area contributed by atoms with Crippen molar-refractivity contribution in [2.45, 2.75) is 26.2 Å². The highest BCUT2D eigenvalue weighted by Crippen LogP contribution is 2.06. The van der Waals surface area contributed by atoms with Gasteiger partial charge in [0.1, 0.15) is 0 Å². The van der Waals surface area contributed by atoms with Gasteiger partial charge < -0.3 is 14.6 Å². The summed E-state index contributed by atoms with van der Waals surface area (Å²) in [5.41, 5.74) is 0. The molecule has 3 nitrogen and oxygen atoms in total. The molecule has 0 aliphatic rings. The average molecular weight is 190 g/mol. The van der Waals surface area contributed by atoms with Gasteiger partial charge in [0.25, 0.3) is 0 Å². The third kappa shape index (κ3) is 8.22. The molecule has 0 aromatic heterocycles. The number of methoxy groups -OCH3 is 1. The topological polar surface area (TPSA) is 38.7 Å². The van der Waals surface area contributed by atoms with E-state index in [1.54, 1.807) is 7.11 Å². The highest BCUT2D eigenvalue weighted by atomic mass is 16.5. The lowest BCUT2D eigenvalue weighted by Gasteiger charge is -2.11. The molecule has 1 atom stereocenters. The van der Waals surface area contributed by atoms with Crippen molar-refractivity contribution in [2.24, 2.45) is 5.92 Å². The highest BCUT2D eigenvalue weighted by molar-refractivity contribution is 4.53. The Bertz CT molecular complexity index is 92.2. The lowest BCUT2D eigenvalue weighted by atomic mass is 10.0. The molecule has 0 aromatic carbocycles. The Balaban J connectivity index is 3.05. The molecule has 0 spiro atoms. The van der Waals surface area contributed by atoms with Gasteiger partial charge in [-0.25, -0.2) is 0 Å². The summed E-state index contributed by atoms with van der Waals surface area (Å²) in [7, 11) is 1.69. The second kappa shape index (κ2) is 9.96. The van der Waals surface area contributed by atoms with E-state index in [0.717, 1.165) is 39.1 Å². The summed E-state index contributed by atoms with van der Waals surface area (Å²) in [4.78, 5) is 0. The number of hydrogen-bond acceptors (Lipinski definition) is 3. The van der Waals surface area contributed by atoms with Crippen LogP contribution in [0, 0.1) is 5.92 Å².